The molecule has 2 rings (SSSR count). The number of hydrogen-bond acceptors (Lipinski definition) is 4. The zero-order chi connectivity index (χ0) is 15.2. The molecule has 1 amide bonds. The summed E-state index contributed by atoms with van der Waals surface area (Å²) in [6.45, 7) is 2.72. The van der Waals surface area contributed by atoms with Crippen molar-refractivity contribution in [3.63, 3.8) is 0 Å². The van der Waals surface area contributed by atoms with Crippen molar-refractivity contribution in [3.8, 4) is 16.9 Å². The number of ether oxygens (including phenoxy) is 1. The quantitative estimate of drug-likeness (QED) is 0.794. The highest BCUT2D eigenvalue weighted by Crippen LogP contribution is 2.31. The fraction of sp³-hybridized carbons (Fsp3) is 0.375. The third-order valence-corrected chi connectivity index (χ3v) is 3.31. The standard InChI is InChI=1S/C16H19NO4/c1-2-3-4-5-6-21-15-10-20-9-11-7-13(16(17)19)14(18)8-12(11)15/h7-10H,2-6H2,1H3,(H2,17,19). The van der Waals surface area contributed by atoms with E-state index in [2.05, 4.69) is 6.92 Å². The van der Waals surface area contributed by atoms with Crippen molar-refractivity contribution < 1.29 is 13.9 Å². The van der Waals surface area contributed by atoms with E-state index in [0.29, 0.717) is 23.5 Å². The molecule has 0 spiro atoms. The Hall–Kier alpha value is -2.30. The normalized spacial score (nSPS) is 10.7. The monoisotopic (exact) mass is 289 g/mol. The Balaban J connectivity index is 2.20. The smallest absolute Gasteiger partial charge is 0.252 e. The van der Waals surface area contributed by atoms with Crippen molar-refractivity contribution in [1.29, 1.82) is 0 Å². The van der Waals surface area contributed by atoms with Gasteiger partial charge in [-0.1, -0.05) is 26.2 Å². The Bertz CT molecular complexity index is 647. The van der Waals surface area contributed by atoms with Crippen molar-refractivity contribution in [3.05, 3.63) is 40.4 Å². The lowest BCUT2D eigenvalue weighted by atomic mass is 10.0. The summed E-state index contributed by atoms with van der Waals surface area (Å²) < 4.78 is 10.9. The Morgan fingerprint density at radius 3 is 2.76 bits per heavy atom. The second-order valence-corrected chi connectivity index (χ2v) is 4.95. The summed E-state index contributed by atoms with van der Waals surface area (Å²) in [6, 6.07) is 2.81. The van der Waals surface area contributed by atoms with Gasteiger partial charge in [0.15, 0.2) is 11.2 Å². The van der Waals surface area contributed by atoms with Crippen LogP contribution in [0.5, 0.6) is 5.75 Å². The molecule has 0 fully saturated rings. The molecule has 0 radical (unpaired) electrons. The number of carbonyl (C=O) groups excluding carboxylic acids is 1. The van der Waals surface area contributed by atoms with Gasteiger partial charge in [-0.3, -0.25) is 9.59 Å². The first-order valence-electron chi connectivity index (χ1n) is 7.10. The van der Waals surface area contributed by atoms with Crippen LogP contribution in [0.2, 0.25) is 0 Å². The van der Waals surface area contributed by atoms with Crippen LogP contribution in [0.4, 0.5) is 0 Å². The van der Waals surface area contributed by atoms with E-state index in [1.807, 2.05) is 0 Å². The molecule has 1 aliphatic carbocycles. The molecular formula is C16H19NO4. The van der Waals surface area contributed by atoms with Crippen LogP contribution in [0.25, 0.3) is 11.1 Å². The van der Waals surface area contributed by atoms with Crippen LogP contribution < -0.4 is 15.9 Å². The molecule has 0 bridgehead atoms. The fourth-order valence-electron chi connectivity index (χ4n) is 2.16. The van der Waals surface area contributed by atoms with Crippen LogP contribution in [0.3, 0.4) is 0 Å². The maximum Gasteiger partial charge on any atom is 0.252 e. The van der Waals surface area contributed by atoms with Gasteiger partial charge in [0.2, 0.25) is 0 Å². The molecule has 2 N–H and O–H groups in total. The van der Waals surface area contributed by atoms with Gasteiger partial charge in [-0.15, -0.1) is 0 Å². The number of benzene rings is 1. The summed E-state index contributed by atoms with van der Waals surface area (Å²) >= 11 is 0. The first-order valence-corrected chi connectivity index (χ1v) is 7.10. The zero-order valence-electron chi connectivity index (χ0n) is 12.1. The highest BCUT2D eigenvalue weighted by Gasteiger charge is 2.16. The molecule has 1 heterocycles. The molecular weight excluding hydrogens is 270 g/mol. The summed E-state index contributed by atoms with van der Waals surface area (Å²) in [4.78, 5) is 23.0. The highest BCUT2D eigenvalue weighted by atomic mass is 16.5. The SMILES string of the molecule is CCCCCCOc1cocc2cc(C(N)=O)c(=O)cc1-2. The van der Waals surface area contributed by atoms with Gasteiger partial charge in [0.05, 0.1) is 18.4 Å². The Labute approximate surface area is 123 Å². The zero-order valence-corrected chi connectivity index (χ0v) is 12.1. The van der Waals surface area contributed by atoms with Crippen molar-refractivity contribution in [2.45, 2.75) is 32.6 Å². The van der Waals surface area contributed by atoms with Crippen molar-refractivity contribution in [2.24, 2.45) is 5.73 Å². The van der Waals surface area contributed by atoms with Gasteiger partial charge < -0.3 is 14.9 Å². The average molecular weight is 289 g/mol. The van der Waals surface area contributed by atoms with E-state index >= 15 is 0 Å². The average Bonchev–Trinajstić information content (AvgIpc) is 2.46. The maximum absolute atomic E-state index is 11.9. The maximum atomic E-state index is 11.9. The molecule has 2 aliphatic rings. The van der Waals surface area contributed by atoms with E-state index in [0.717, 1.165) is 12.8 Å². The van der Waals surface area contributed by atoms with E-state index in [4.69, 9.17) is 14.9 Å². The lowest BCUT2D eigenvalue weighted by Gasteiger charge is -2.12. The molecule has 0 saturated carbocycles. The molecule has 0 aromatic rings. The number of amides is 1. The van der Waals surface area contributed by atoms with Gasteiger partial charge in [-0.2, -0.15) is 0 Å². The second kappa shape index (κ2) is 6.92. The Kier molecular flexibility index (Phi) is 4.98. The topological polar surface area (TPSA) is 82.5 Å². The molecule has 0 unspecified atom stereocenters. The summed E-state index contributed by atoms with van der Waals surface area (Å²) in [5.41, 5.74) is 5.97. The molecule has 21 heavy (non-hydrogen) atoms. The molecule has 5 nitrogen and oxygen atoms in total. The largest absolute Gasteiger partial charge is 0.490 e. The summed E-state index contributed by atoms with van der Waals surface area (Å²) in [5, 5.41) is 0. The van der Waals surface area contributed by atoms with Crippen molar-refractivity contribution in [1.82, 2.24) is 0 Å². The molecule has 0 saturated heterocycles. The first kappa shape index (κ1) is 15.1. The predicted octanol–water partition coefficient (Wildman–Crippen LogP) is 2.80. The van der Waals surface area contributed by atoms with E-state index < -0.39 is 11.3 Å². The van der Waals surface area contributed by atoms with E-state index in [9.17, 15) is 9.59 Å². The number of carbonyl (C=O) groups is 1. The van der Waals surface area contributed by atoms with Crippen LogP contribution in [-0.2, 0) is 0 Å². The van der Waals surface area contributed by atoms with Gasteiger partial charge in [0, 0.05) is 11.1 Å². The van der Waals surface area contributed by atoms with Crippen molar-refractivity contribution >= 4 is 5.91 Å². The lowest BCUT2D eigenvalue weighted by molar-refractivity contribution is 0.0999. The number of unbranched alkanes of at least 4 members (excludes halogenated alkanes) is 3. The van der Waals surface area contributed by atoms with Crippen LogP contribution in [0, 0.1) is 0 Å². The van der Waals surface area contributed by atoms with E-state index in [1.165, 1.54) is 37.5 Å². The minimum absolute atomic E-state index is 0.0437. The highest BCUT2D eigenvalue weighted by molar-refractivity contribution is 5.94. The molecule has 1 aliphatic heterocycles. The van der Waals surface area contributed by atoms with E-state index in [-0.39, 0.29) is 5.56 Å². The molecule has 0 aromatic heterocycles. The molecule has 0 atom stereocenters. The molecule has 5 heteroatoms. The van der Waals surface area contributed by atoms with E-state index in [1.54, 1.807) is 0 Å². The summed E-state index contributed by atoms with van der Waals surface area (Å²) in [7, 11) is 0. The molecule has 112 valence electrons. The number of nitrogens with two attached hydrogens (primary N) is 1. The number of primary amides is 1. The van der Waals surface area contributed by atoms with Gasteiger partial charge in [-0.05, 0) is 18.6 Å². The van der Waals surface area contributed by atoms with Crippen LogP contribution in [-0.4, -0.2) is 12.5 Å². The molecule has 0 aromatic carbocycles. The first-order chi connectivity index (χ1) is 10.1. The lowest BCUT2D eigenvalue weighted by Crippen LogP contribution is -2.21. The van der Waals surface area contributed by atoms with Crippen LogP contribution in [0.1, 0.15) is 43.0 Å². The third-order valence-electron chi connectivity index (χ3n) is 3.31. The number of hydrogen-bond donors (Lipinski definition) is 1. The third kappa shape index (κ3) is 3.62. The predicted molar refractivity (Wildman–Crippen MR) is 79.8 cm³/mol. The van der Waals surface area contributed by atoms with Gasteiger partial charge in [0.25, 0.3) is 5.91 Å². The fourth-order valence-corrected chi connectivity index (χ4v) is 2.16. The summed E-state index contributed by atoms with van der Waals surface area (Å²) in [5.74, 6) is -0.232. The van der Waals surface area contributed by atoms with Crippen LogP contribution >= 0.6 is 0 Å². The Morgan fingerprint density at radius 2 is 2.05 bits per heavy atom. The minimum Gasteiger partial charge on any atom is -0.490 e. The number of fused-ring (bicyclic) bond motifs is 1. The van der Waals surface area contributed by atoms with Gasteiger partial charge >= 0.3 is 0 Å². The van der Waals surface area contributed by atoms with Gasteiger partial charge in [0.1, 0.15) is 6.26 Å². The number of rotatable bonds is 7. The second-order valence-electron chi connectivity index (χ2n) is 4.95. The summed E-state index contributed by atoms with van der Waals surface area (Å²) in [6.07, 6.45) is 7.33. The Morgan fingerprint density at radius 1 is 1.24 bits per heavy atom. The van der Waals surface area contributed by atoms with Crippen LogP contribution in [0.15, 0.2) is 33.9 Å². The van der Waals surface area contributed by atoms with Gasteiger partial charge in [-0.25, -0.2) is 0 Å². The minimum atomic E-state index is -0.743. The van der Waals surface area contributed by atoms with Crippen molar-refractivity contribution in [2.75, 3.05) is 6.61 Å².